The maximum atomic E-state index is 4.22. The monoisotopic (exact) mass is 284 g/mol. The van der Waals surface area contributed by atoms with Crippen molar-refractivity contribution in [3.63, 3.8) is 0 Å². The number of rotatable bonds is 2. The summed E-state index contributed by atoms with van der Waals surface area (Å²) in [6, 6.07) is 10.3. The van der Waals surface area contributed by atoms with E-state index >= 15 is 0 Å². The van der Waals surface area contributed by atoms with Crippen molar-refractivity contribution in [1.29, 1.82) is 0 Å². The first kappa shape index (κ1) is 8.74. The summed E-state index contributed by atoms with van der Waals surface area (Å²) < 4.78 is 3.12. The predicted octanol–water partition coefficient (Wildman–Crippen LogP) is 2.54. The second-order valence-electron chi connectivity index (χ2n) is 2.84. The molecule has 2 aromatic rings. The Morgan fingerprint density at radius 1 is 1.23 bits per heavy atom. The highest BCUT2D eigenvalue weighted by Gasteiger charge is 1.95. The lowest BCUT2D eigenvalue weighted by Gasteiger charge is -1.99. The molecule has 0 N–H and O–H groups in total. The zero-order valence-electron chi connectivity index (χ0n) is 7.02. The summed E-state index contributed by atoms with van der Waals surface area (Å²) >= 11 is 2.26. The quantitative estimate of drug-likeness (QED) is 0.775. The molecule has 1 aromatic carbocycles. The Labute approximate surface area is 90.7 Å². The zero-order chi connectivity index (χ0) is 9.10. The summed E-state index contributed by atoms with van der Waals surface area (Å²) in [7, 11) is 0. The normalized spacial score (nSPS) is 10.2. The molecular formula is C10H9IN2. The Morgan fingerprint density at radius 2 is 2.00 bits per heavy atom. The van der Waals surface area contributed by atoms with Crippen LogP contribution in [-0.4, -0.2) is 9.78 Å². The number of aromatic nitrogens is 2. The van der Waals surface area contributed by atoms with Gasteiger partial charge < -0.3 is 0 Å². The highest BCUT2D eigenvalue weighted by Crippen LogP contribution is 2.05. The van der Waals surface area contributed by atoms with Crippen LogP contribution in [0.4, 0.5) is 0 Å². The van der Waals surface area contributed by atoms with Crippen LogP contribution in [0.15, 0.2) is 42.7 Å². The van der Waals surface area contributed by atoms with Gasteiger partial charge in [0.2, 0.25) is 0 Å². The molecule has 13 heavy (non-hydrogen) atoms. The molecule has 0 saturated carbocycles. The van der Waals surface area contributed by atoms with Gasteiger partial charge in [-0.2, -0.15) is 5.10 Å². The van der Waals surface area contributed by atoms with E-state index < -0.39 is 0 Å². The van der Waals surface area contributed by atoms with Gasteiger partial charge in [-0.25, -0.2) is 0 Å². The van der Waals surface area contributed by atoms with E-state index in [9.17, 15) is 0 Å². The van der Waals surface area contributed by atoms with Crippen LogP contribution in [0.2, 0.25) is 0 Å². The number of halogens is 1. The van der Waals surface area contributed by atoms with Gasteiger partial charge in [0.05, 0.1) is 16.3 Å². The molecule has 1 heterocycles. The molecule has 0 unspecified atom stereocenters. The van der Waals surface area contributed by atoms with Crippen LogP contribution in [0.1, 0.15) is 5.56 Å². The van der Waals surface area contributed by atoms with Crippen molar-refractivity contribution in [1.82, 2.24) is 9.78 Å². The van der Waals surface area contributed by atoms with Gasteiger partial charge in [-0.05, 0) is 28.2 Å². The van der Waals surface area contributed by atoms with Crippen molar-refractivity contribution in [3.05, 3.63) is 51.9 Å². The van der Waals surface area contributed by atoms with Crippen LogP contribution >= 0.6 is 22.6 Å². The number of nitrogens with zero attached hydrogens (tertiary/aromatic N) is 2. The molecule has 0 atom stereocenters. The van der Waals surface area contributed by atoms with Gasteiger partial charge in [-0.3, -0.25) is 4.68 Å². The average molecular weight is 284 g/mol. The van der Waals surface area contributed by atoms with Crippen LogP contribution in [0, 0.1) is 3.57 Å². The molecule has 2 nitrogen and oxygen atoms in total. The van der Waals surface area contributed by atoms with Gasteiger partial charge in [0.15, 0.2) is 0 Å². The Bertz CT molecular complexity index is 381. The predicted molar refractivity (Wildman–Crippen MR) is 60.5 cm³/mol. The van der Waals surface area contributed by atoms with Crippen LogP contribution in [0.5, 0.6) is 0 Å². The summed E-state index contributed by atoms with van der Waals surface area (Å²) in [6.07, 6.45) is 3.90. The highest BCUT2D eigenvalue weighted by atomic mass is 127. The molecule has 1 aromatic heterocycles. The Balaban J connectivity index is 2.15. The second-order valence-corrected chi connectivity index (χ2v) is 4.09. The molecule has 66 valence electrons. The van der Waals surface area contributed by atoms with E-state index in [1.54, 1.807) is 0 Å². The van der Waals surface area contributed by atoms with E-state index in [0.717, 1.165) is 6.54 Å². The molecule has 0 aliphatic rings. The molecule has 0 aliphatic carbocycles. The lowest BCUT2D eigenvalue weighted by atomic mass is 10.2. The molecule has 3 heteroatoms. The van der Waals surface area contributed by atoms with Crippen LogP contribution < -0.4 is 0 Å². The lowest BCUT2D eigenvalue weighted by molar-refractivity contribution is 0.686. The smallest absolute Gasteiger partial charge is 0.0659 e. The van der Waals surface area contributed by atoms with Crippen LogP contribution in [0.25, 0.3) is 0 Å². The van der Waals surface area contributed by atoms with E-state index in [-0.39, 0.29) is 0 Å². The molecule has 0 fully saturated rings. The van der Waals surface area contributed by atoms with Crippen LogP contribution in [0.3, 0.4) is 0 Å². The fourth-order valence-corrected chi connectivity index (χ4v) is 1.64. The van der Waals surface area contributed by atoms with Crippen molar-refractivity contribution >= 4 is 22.6 Å². The SMILES string of the molecule is Ic1cnn(Cc2ccccc2)c1. The Kier molecular flexibility index (Phi) is 2.63. The first-order chi connectivity index (χ1) is 6.34. The Morgan fingerprint density at radius 3 is 2.62 bits per heavy atom. The van der Waals surface area contributed by atoms with E-state index in [0.29, 0.717) is 0 Å². The van der Waals surface area contributed by atoms with Gasteiger partial charge in [0.25, 0.3) is 0 Å². The van der Waals surface area contributed by atoms with Gasteiger partial charge in [-0.15, -0.1) is 0 Å². The summed E-state index contributed by atoms with van der Waals surface area (Å²) in [5.74, 6) is 0. The number of benzene rings is 1. The maximum absolute atomic E-state index is 4.22. The summed E-state index contributed by atoms with van der Waals surface area (Å²) in [6.45, 7) is 0.851. The first-order valence-corrected chi connectivity index (χ1v) is 5.14. The van der Waals surface area contributed by atoms with E-state index in [4.69, 9.17) is 0 Å². The molecule has 0 amide bonds. The van der Waals surface area contributed by atoms with E-state index in [1.165, 1.54) is 9.13 Å². The minimum Gasteiger partial charge on any atom is -0.267 e. The average Bonchev–Trinajstić information content (AvgIpc) is 2.53. The summed E-state index contributed by atoms with van der Waals surface area (Å²) in [5.41, 5.74) is 1.28. The molecule has 0 saturated heterocycles. The summed E-state index contributed by atoms with van der Waals surface area (Å²) in [5, 5.41) is 4.22. The standard InChI is InChI=1S/C10H9IN2/c11-10-6-12-13(8-10)7-9-4-2-1-3-5-9/h1-6,8H,7H2. The lowest BCUT2D eigenvalue weighted by Crippen LogP contribution is -1.98. The van der Waals surface area contributed by atoms with Crippen LogP contribution in [-0.2, 0) is 6.54 Å². The molecule has 0 radical (unpaired) electrons. The molecule has 0 aliphatic heterocycles. The minimum absolute atomic E-state index is 0.851. The number of hydrogen-bond acceptors (Lipinski definition) is 1. The van der Waals surface area contributed by atoms with Gasteiger partial charge in [0.1, 0.15) is 0 Å². The zero-order valence-corrected chi connectivity index (χ0v) is 9.18. The number of hydrogen-bond donors (Lipinski definition) is 0. The van der Waals surface area contributed by atoms with Crippen molar-refractivity contribution in [3.8, 4) is 0 Å². The van der Waals surface area contributed by atoms with E-state index in [1.807, 2.05) is 35.3 Å². The third-order valence-electron chi connectivity index (χ3n) is 1.79. The largest absolute Gasteiger partial charge is 0.267 e. The molecule has 0 bridgehead atoms. The summed E-state index contributed by atoms with van der Waals surface area (Å²) in [4.78, 5) is 0. The van der Waals surface area contributed by atoms with Crippen molar-refractivity contribution < 1.29 is 0 Å². The fraction of sp³-hybridized carbons (Fsp3) is 0.100. The first-order valence-electron chi connectivity index (χ1n) is 4.06. The topological polar surface area (TPSA) is 17.8 Å². The van der Waals surface area contributed by atoms with E-state index in [2.05, 4.69) is 39.8 Å². The van der Waals surface area contributed by atoms with Crippen molar-refractivity contribution in [2.75, 3.05) is 0 Å². The maximum Gasteiger partial charge on any atom is 0.0659 e. The van der Waals surface area contributed by atoms with Crippen molar-refractivity contribution in [2.24, 2.45) is 0 Å². The van der Waals surface area contributed by atoms with Gasteiger partial charge in [-0.1, -0.05) is 30.3 Å². The Hall–Kier alpha value is -0.840. The molecule has 0 spiro atoms. The fourth-order valence-electron chi connectivity index (χ4n) is 1.20. The minimum atomic E-state index is 0.851. The third kappa shape index (κ3) is 2.30. The molecule has 2 rings (SSSR count). The van der Waals surface area contributed by atoms with Gasteiger partial charge >= 0.3 is 0 Å². The molecular weight excluding hydrogens is 275 g/mol. The third-order valence-corrected chi connectivity index (χ3v) is 2.35. The highest BCUT2D eigenvalue weighted by molar-refractivity contribution is 14.1. The van der Waals surface area contributed by atoms with Crippen molar-refractivity contribution in [2.45, 2.75) is 6.54 Å². The van der Waals surface area contributed by atoms with Gasteiger partial charge in [0, 0.05) is 6.20 Å². The second kappa shape index (κ2) is 3.91.